The fraction of sp³-hybridized carbons (Fsp3) is 0.435. The number of hydrogen-bond acceptors (Lipinski definition) is 4. The maximum atomic E-state index is 12.7. The van der Waals surface area contributed by atoms with Gasteiger partial charge in [-0.2, -0.15) is 0 Å². The lowest BCUT2D eigenvalue weighted by Crippen LogP contribution is -2.43. The van der Waals surface area contributed by atoms with Crippen LogP contribution in [-0.2, 0) is 19.5 Å². The molecule has 1 saturated heterocycles. The van der Waals surface area contributed by atoms with Gasteiger partial charge in [0.05, 0.1) is 13.2 Å². The van der Waals surface area contributed by atoms with Crippen LogP contribution in [0.4, 0.5) is 4.79 Å². The molecule has 2 aliphatic heterocycles. The van der Waals surface area contributed by atoms with E-state index in [2.05, 4.69) is 29.2 Å². The maximum Gasteiger partial charge on any atom is 0.320 e. The number of ether oxygens (including phenoxy) is 1. The Balaban J connectivity index is 1.27. The van der Waals surface area contributed by atoms with Crippen LogP contribution in [0.25, 0.3) is 0 Å². The van der Waals surface area contributed by atoms with Gasteiger partial charge in [-0.1, -0.05) is 36.4 Å². The molecule has 2 aromatic carbocycles. The van der Waals surface area contributed by atoms with Gasteiger partial charge in [-0.05, 0) is 35.2 Å². The van der Waals surface area contributed by atoms with Crippen molar-refractivity contribution in [1.29, 1.82) is 0 Å². The van der Waals surface area contributed by atoms with E-state index < -0.39 is 6.10 Å². The number of aliphatic hydroxyl groups excluding tert-OH is 1. The Hall–Kier alpha value is -2.57. The fourth-order valence-corrected chi connectivity index (χ4v) is 4.22. The normalized spacial score (nSPS) is 18.1. The van der Waals surface area contributed by atoms with Crippen LogP contribution in [0.5, 0.6) is 5.75 Å². The molecule has 1 atom stereocenters. The number of rotatable bonds is 7. The molecule has 154 valence electrons. The molecule has 1 unspecified atom stereocenters. The van der Waals surface area contributed by atoms with Gasteiger partial charge in [0.1, 0.15) is 5.75 Å². The van der Waals surface area contributed by atoms with Gasteiger partial charge in [0.25, 0.3) is 0 Å². The van der Waals surface area contributed by atoms with Crippen LogP contribution < -0.4 is 4.74 Å². The Morgan fingerprint density at radius 3 is 2.45 bits per heavy atom. The molecule has 6 heteroatoms. The second-order valence-electron chi connectivity index (χ2n) is 7.91. The Labute approximate surface area is 172 Å². The van der Waals surface area contributed by atoms with Gasteiger partial charge in [0, 0.05) is 45.8 Å². The molecule has 0 bridgehead atoms. The first-order valence-corrected chi connectivity index (χ1v) is 10.3. The number of carbonyl (C=O) groups excluding carboxylic acids is 1. The molecule has 0 spiro atoms. The first kappa shape index (κ1) is 19.7. The molecule has 0 radical (unpaired) electrons. The summed E-state index contributed by atoms with van der Waals surface area (Å²) in [6.45, 7) is 4.73. The van der Waals surface area contributed by atoms with Crippen molar-refractivity contribution >= 4 is 6.03 Å². The standard InChI is InChI=1S/C23H29N3O3/c1-29-22-8-6-18(7-9-22)14-25-12-13-26(23(25)28)17-21(27)16-24-11-10-19-4-2-3-5-20(19)15-24/h2-9,21,27H,10-17H2,1H3. The van der Waals surface area contributed by atoms with Crippen LogP contribution in [0, 0.1) is 0 Å². The van der Waals surface area contributed by atoms with Crippen molar-refractivity contribution < 1.29 is 14.6 Å². The summed E-state index contributed by atoms with van der Waals surface area (Å²) in [5.74, 6) is 0.812. The summed E-state index contributed by atoms with van der Waals surface area (Å²) in [4.78, 5) is 18.6. The van der Waals surface area contributed by atoms with E-state index in [4.69, 9.17) is 4.74 Å². The van der Waals surface area contributed by atoms with Crippen molar-refractivity contribution in [3.63, 3.8) is 0 Å². The second kappa shape index (κ2) is 8.84. The minimum Gasteiger partial charge on any atom is -0.497 e. The maximum absolute atomic E-state index is 12.7. The summed E-state index contributed by atoms with van der Waals surface area (Å²) in [6.07, 6.45) is 0.478. The quantitative estimate of drug-likeness (QED) is 0.782. The average Bonchev–Trinajstić information content (AvgIpc) is 3.07. The summed E-state index contributed by atoms with van der Waals surface area (Å²) >= 11 is 0. The third-order valence-electron chi connectivity index (χ3n) is 5.82. The molecule has 2 aliphatic rings. The molecule has 2 amide bonds. The monoisotopic (exact) mass is 395 g/mol. The lowest BCUT2D eigenvalue weighted by atomic mass is 10.00. The zero-order valence-electron chi connectivity index (χ0n) is 17.0. The minimum absolute atomic E-state index is 0.00357. The van der Waals surface area contributed by atoms with E-state index in [1.165, 1.54) is 11.1 Å². The van der Waals surface area contributed by atoms with E-state index in [1.54, 1.807) is 12.0 Å². The van der Waals surface area contributed by atoms with Crippen LogP contribution in [0.1, 0.15) is 16.7 Å². The van der Waals surface area contributed by atoms with E-state index in [9.17, 15) is 9.90 Å². The number of β-amino-alcohol motifs (C(OH)–C–C–N with tert-alkyl or cyclic N) is 1. The molecule has 29 heavy (non-hydrogen) atoms. The first-order valence-electron chi connectivity index (χ1n) is 10.3. The van der Waals surface area contributed by atoms with Crippen LogP contribution in [-0.4, -0.2) is 71.8 Å². The highest BCUT2D eigenvalue weighted by atomic mass is 16.5. The lowest BCUT2D eigenvalue weighted by Gasteiger charge is -2.31. The van der Waals surface area contributed by atoms with E-state index in [1.807, 2.05) is 29.2 Å². The summed E-state index contributed by atoms with van der Waals surface area (Å²) in [7, 11) is 1.64. The molecule has 0 aromatic heterocycles. The third-order valence-corrected chi connectivity index (χ3v) is 5.82. The predicted molar refractivity (Wildman–Crippen MR) is 112 cm³/mol. The van der Waals surface area contributed by atoms with Crippen LogP contribution in [0.15, 0.2) is 48.5 Å². The summed E-state index contributed by atoms with van der Waals surface area (Å²) in [5.41, 5.74) is 3.82. The summed E-state index contributed by atoms with van der Waals surface area (Å²) in [5, 5.41) is 10.6. The molecule has 2 heterocycles. The van der Waals surface area contributed by atoms with Crippen LogP contribution >= 0.6 is 0 Å². The van der Waals surface area contributed by atoms with Gasteiger partial charge < -0.3 is 19.6 Å². The largest absolute Gasteiger partial charge is 0.497 e. The van der Waals surface area contributed by atoms with E-state index >= 15 is 0 Å². The van der Waals surface area contributed by atoms with Gasteiger partial charge in [-0.15, -0.1) is 0 Å². The Morgan fingerprint density at radius 2 is 1.69 bits per heavy atom. The number of aliphatic hydroxyl groups is 1. The minimum atomic E-state index is -0.537. The number of benzene rings is 2. The molecule has 1 N–H and O–H groups in total. The highest BCUT2D eigenvalue weighted by molar-refractivity contribution is 5.76. The molecule has 1 fully saturated rings. The molecule has 6 nitrogen and oxygen atoms in total. The van der Waals surface area contributed by atoms with Crippen LogP contribution in [0.2, 0.25) is 0 Å². The molecule has 2 aromatic rings. The van der Waals surface area contributed by atoms with Crippen molar-refractivity contribution in [3.8, 4) is 5.75 Å². The van der Waals surface area contributed by atoms with Gasteiger partial charge in [0.2, 0.25) is 0 Å². The van der Waals surface area contributed by atoms with Gasteiger partial charge in [-0.25, -0.2) is 4.79 Å². The third kappa shape index (κ3) is 4.71. The number of carbonyl (C=O) groups is 1. The Kier molecular flexibility index (Phi) is 6.02. The SMILES string of the molecule is COc1ccc(CN2CCN(CC(O)CN3CCc4ccccc4C3)C2=O)cc1. The number of nitrogens with zero attached hydrogens (tertiary/aromatic N) is 3. The number of fused-ring (bicyclic) bond motifs is 1. The highest BCUT2D eigenvalue weighted by Crippen LogP contribution is 2.20. The zero-order valence-corrected chi connectivity index (χ0v) is 17.0. The van der Waals surface area contributed by atoms with Crippen molar-refractivity contribution in [2.24, 2.45) is 0 Å². The smallest absolute Gasteiger partial charge is 0.320 e. The summed E-state index contributed by atoms with van der Waals surface area (Å²) in [6, 6.07) is 16.3. The average molecular weight is 396 g/mol. The van der Waals surface area contributed by atoms with Gasteiger partial charge in [0.15, 0.2) is 0 Å². The first-order chi connectivity index (χ1) is 14.1. The van der Waals surface area contributed by atoms with Gasteiger partial charge >= 0.3 is 6.03 Å². The van der Waals surface area contributed by atoms with E-state index in [0.29, 0.717) is 32.7 Å². The predicted octanol–water partition coefficient (Wildman–Crippen LogP) is 2.35. The molecular weight excluding hydrogens is 366 g/mol. The second-order valence-corrected chi connectivity index (χ2v) is 7.91. The fourth-order valence-electron chi connectivity index (χ4n) is 4.22. The number of hydrogen-bond donors (Lipinski definition) is 1. The summed E-state index contributed by atoms with van der Waals surface area (Å²) < 4.78 is 5.18. The molecular formula is C23H29N3O3. The van der Waals surface area contributed by atoms with Crippen molar-refractivity contribution in [1.82, 2.24) is 14.7 Å². The van der Waals surface area contributed by atoms with Crippen molar-refractivity contribution in [2.75, 3.05) is 39.8 Å². The highest BCUT2D eigenvalue weighted by Gasteiger charge is 2.30. The zero-order chi connectivity index (χ0) is 20.2. The molecule has 4 rings (SSSR count). The molecule has 0 aliphatic carbocycles. The topological polar surface area (TPSA) is 56.2 Å². The number of methoxy groups -OCH3 is 1. The number of amides is 2. The van der Waals surface area contributed by atoms with Crippen molar-refractivity contribution in [3.05, 3.63) is 65.2 Å². The van der Waals surface area contributed by atoms with Gasteiger partial charge in [-0.3, -0.25) is 4.90 Å². The van der Waals surface area contributed by atoms with Crippen LogP contribution in [0.3, 0.4) is 0 Å². The van der Waals surface area contributed by atoms with E-state index in [-0.39, 0.29) is 6.03 Å². The Bertz CT molecular complexity index is 840. The lowest BCUT2D eigenvalue weighted by molar-refractivity contribution is 0.0812. The molecule has 0 saturated carbocycles. The number of urea groups is 1. The Morgan fingerprint density at radius 1 is 0.966 bits per heavy atom. The van der Waals surface area contributed by atoms with Crippen molar-refractivity contribution in [2.45, 2.75) is 25.6 Å². The van der Waals surface area contributed by atoms with E-state index in [0.717, 1.165) is 30.8 Å².